The summed E-state index contributed by atoms with van der Waals surface area (Å²) in [6.07, 6.45) is 2.26. The fourth-order valence-corrected chi connectivity index (χ4v) is 3.78. The lowest BCUT2D eigenvalue weighted by molar-refractivity contribution is 0.0286. The Hall–Kier alpha value is -2.92. The number of para-hydroxylation sites is 1. The van der Waals surface area contributed by atoms with Crippen molar-refractivity contribution < 1.29 is 23.5 Å². The van der Waals surface area contributed by atoms with Crippen LogP contribution in [0.4, 0.5) is 0 Å². The molecule has 1 unspecified atom stereocenters. The Kier molecular flexibility index (Phi) is 5.01. The fraction of sp³-hybridized carbons (Fsp3) is 0.304. The quantitative estimate of drug-likeness (QED) is 0.467. The van der Waals surface area contributed by atoms with Crippen LogP contribution in [0.3, 0.4) is 0 Å². The molecule has 28 heavy (non-hydrogen) atoms. The number of hydrogen-bond acceptors (Lipinski definition) is 5. The van der Waals surface area contributed by atoms with E-state index >= 15 is 0 Å². The molecule has 1 aliphatic rings. The summed E-state index contributed by atoms with van der Waals surface area (Å²) in [5.74, 6) is -0.797. The van der Waals surface area contributed by atoms with Crippen molar-refractivity contribution in [1.29, 1.82) is 0 Å². The third-order valence-electron chi connectivity index (χ3n) is 5.21. The minimum atomic E-state index is -0.907. The number of ketones is 1. The molecule has 0 aliphatic heterocycles. The van der Waals surface area contributed by atoms with Crippen molar-refractivity contribution in [3.8, 4) is 0 Å². The van der Waals surface area contributed by atoms with Crippen LogP contribution in [-0.4, -0.2) is 25.0 Å². The van der Waals surface area contributed by atoms with Gasteiger partial charge in [-0.15, -0.1) is 0 Å². The van der Waals surface area contributed by atoms with Crippen LogP contribution in [0.5, 0.6) is 0 Å². The SMILES string of the molecule is COCc1c(C(=O)OC(C)C(=O)c2ccc3c(c2)CCC3)oc2ccccc12. The first kappa shape index (κ1) is 18.4. The molecule has 0 saturated carbocycles. The summed E-state index contributed by atoms with van der Waals surface area (Å²) in [7, 11) is 1.55. The summed E-state index contributed by atoms with van der Waals surface area (Å²) in [4.78, 5) is 25.5. The normalized spacial score (nSPS) is 14.1. The Morgan fingerprint density at radius 2 is 1.89 bits per heavy atom. The number of hydrogen-bond donors (Lipinski definition) is 0. The van der Waals surface area contributed by atoms with Crippen LogP contribution in [0.2, 0.25) is 0 Å². The predicted octanol–water partition coefficient (Wildman–Crippen LogP) is 4.50. The fourth-order valence-electron chi connectivity index (χ4n) is 3.78. The third kappa shape index (κ3) is 3.34. The standard InChI is InChI=1S/C23H22O5/c1-14(21(24)17-11-10-15-6-5-7-16(15)12-17)27-23(25)22-19(13-26-2)18-8-3-4-9-20(18)28-22/h3-4,8-12,14H,5-7,13H2,1-2H3. The average Bonchev–Trinajstić information content (AvgIpc) is 3.32. The highest BCUT2D eigenvalue weighted by molar-refractivity contribution is 6.02. The predicted molar refractivity (Wildman–Crippen MR) is 105 cm³/mol. The zero-order valence-corrected chi connectivity index (χ0v) is 16.0. The van der Waals surface area contributed by atoms with E-state index < -0.39 is 12.1 Å². The maximum Gasteiger partial charge on any atom is 0.375 e. The zero-order valence-electron chi connectivity index (χ0n) is 16.0. The van der Waals surface area contributed by atoms with Gasteiger partial charge in [0.25, 0.3) is 0 Å². The monoisotopic (exact) mass is 378 g/mol. The number of aryl methyl sites for hydroxylation is 2. The van der Waals surface area contributed by atoms with E-state index in [-0.39, 0.29) is 18.2 Å². The van der Waals surface area contributed by atoms with E-state index in [1.807, 2.05) is 36.4 Å². The molecule has 5 heteroatoms. The molecule has 1 aromatic heterocycles. The van der Waals surface area contributed by atoms with Gasteiger partial charge in [0.15, 0.2) is 6.10 Å². The number of furan rings is 1. The van der Waals surface area contributed by atoms with Gasteiger partial charge in [0, 0.05) is 23.6 Å². The molecule has 5 nitrogen and oxygen atoms in total. The highest BCUT2D eigenvalue weighted by atomic mass is 16.6. The van der Waals surface area contributed by atoms with Crippen LogP contribution in [-0.2, 0) is 28.9 Å². The molecule has 2 aromatic carbocycles. The van der Waals surface area contributed by atoms with Crippen LogP contribution in [0.15, 0.2) is 46.9 Å². The maximum absolute atomic E-state index is 12.8. The molecule has 0 radical (unpaired) electrons. The van der Waals surface area contributed by atoms with E-state index in [0.29, 0.717) is 16.7 Å². The number of ether oxygens (including phenoxy) is 2. The zero-order chi connectivity index (χ0) is 19.7. The Morgan fingerprint density at radius 3 is 2.71 bits per heavy atom. The van der Waals surface area contributed by atoms with E-state index in [1.165, 1.54) is 11.1 Å². The number of benzene rings is 2. The van der Waals surface area contributed by atoms with Gasteiger partial charge in [-0.1, -0.05) is 30.3 Å². The third-order valence-corrected chi connectivity index (χ3v) is 5.21. The Balaban J connectivity index is 1.55. The highest BCUT2D eigenvalue weighted by Crippen LogP contribution is 2.28. The van der Waals surface area contributed by atoms with Gasteiger partial charge < -0.3 is 13.9 Å². The molecule has 3 aromatic rings. The molecular weight excluding hydrogens is 356 g/mol. The number of fused-ring (bicyclic) bond motifs is 2. The largest absolute Gasteiger partial charge is 0.449 e. The molecule has 0 bridgehead atoms. The molecular formula is C23H22O5. The summed E-state index contributed by atoms with van der Waals surface area (Å²) >= 11 is 0. The summed E-state index contributed by atoms with van der Waals surface area (Å²) in [6.45, 7) is 1.81. The maximum atomic E-state index is 12.8. The van der Waals surface area contributed by atoms with Gasteiger partial charge in [-0.3, -0.25) is 4.79 Å². The molecule has 0 fully saturated rings. The minimum Gasteiger partial charge on any atom is -0.449 e. The first-order chi connectivity index (χ1) is 13.6. The number of methoxy groups -OCH3 is 1. The van der Waals surface area contributed by atoms with Crippen molar-refractivity contribution in [2.45, 2.75) is 38.9 Å². The van der Waals surface area contributed by atoms with Gasteiger partial charge in [0.05, 0.1) is 6.61 Å². The number of carbonyl (C=O) groups excluding carboxylic acids is 2. The highest BCUT2D eigenvalue weighted by Gasteiger charge is 2.27. The number of rotatable bonds is 6. The van der Waals surface area contributed by atoms with Gasteiger partial charge in [-0.25, -0.2) is 4.79 Å². The second kappa shape index (κ2) is 7.60. The molecule has 1 aliphatic carbocycles. The Morgan fingerprint density at radius 1 is 1.11 bits per heavy atom. The van der Waals surface area contributed by atoms with Gasteiger partial charge in [-0.2, -0.15) is 0 Å². The van der Waals surface area contributed by atoms with Crippen LogP contribution in [0.25, 0.3) is 11.0 Å². The smallest absolute Gasteiger partial charge is 0.375 e. The summed E-state index contributed by atoms with van der Waals surface area (Å²) in [5, 5.41) is 0.800. The average molecular weight is 378 g/mol. The van der Waals surface area contributed by atoms with Crippen molar-refractivity contribution in [2.75, 3.05) is 7.11 Å². The lowest BCUT2D eigenvalue weighted by Crippen LogP contribution is -2.25. The Labute approximate surface area is 163 Å². The number of esters is 1. The van der Waals surface area contributed by atoms with Crippen molar-refractivity contribution in [1.82, 2.24) is 0 Å². The van der Waals surface area contributed by atoms with Crippen molar-refractivity contribution in [2.24, 2.45) is 0 Å². The molecule has 4 rings (SSSR count). The minimum absolute atomic E-state index is 0.0802. The molecule has 0 spiro atoms. The Bertz CT molecular complexity index is 1050. The lowest BCUT2D eigenvalue weighted by atomic mass is 10.0. The summed E-state index contributed by atoms with van der Waals surface area (Å²) < 4.78 is 16.4. The van der Waals surface area contributed by atoms with E-state index in [1.54, 1.807) is 20.1 Å². The van der Waals surface area contributed by atoms with Gasteiger partial charge in [0.1, 0.15) is 5.58 Å². The first-order valence-corrected chi connectivity index (χ1v) is 9.45. The van der Waals surface area contributed by atoms with Crippen molar-refractivity contribution in [3.05, 3.63) is 70.5 Å². The molecule has 1 atom stereocenters. The molecule has 0 N–H and O–H groups in total. The molecule has 1 heterocycles. The summed E-state index contributed by atoms with van der Waals surface area (Å²) in [6, 6.07) is 13.1. The van der Waals surface area contributed by atoms with Crippen molar-refractivity contribution in [3.63, 3.8) is 0 Å². The topological polar surface area (TPSA) is 65.7 Å². The second-order valence-corrected chi connectivity index (χ2v) is 7.09. The van der Waals surface area contributed by atoms with Crippen LogP contribution in [0, 0.1) is 0 Å². The van der Waals surface area contributed by atoms with E-state index in [2.05, 4.69) is 0 Å². The van der Waals surface area contributed by atoms with E-state index in [4.69, 9.17) is 13.9 Å². The first-order valence-electron chi connectivity index (χ1n) is 9.45. The van der Waals surface area contributed by atoms with Crippen LogP contribution >= 0.6 is 0 Å². The van der Waals surface area contributed by atoms with Gasteiger partial charge in [0.2, 0.25) is 11.5 Å². The number of Topliss-reactive ketones (excluding diaryl/α,β-unsaturated/α-hetero) is 1. The molecule has 0 amide bonds. The van der Waals surface area contributed by atoms with E-state index in [9.17, 15) is 9.59 Å². The number of carbonyl (C=O) groups is 2. The summed E-state index contributed by atoms with van der Waals surface area (Å²) in [5.41, 5.74) is 4.29. The second-order valence-electron chi connectivity index (χ2n) is 7.09. The van der Waals surface area contributed by atoms with Crippen LogP contribution < -0.4 is 0 Å². The molecule has 144 valence electrons. The van der Waals surface area contributed by atoms with Crippen LogP contribution in [0.1, 0.15) is 50.9 Å². The van der Waals surface area contributed by atoms with Gasteiger partial charge in [-0.05, 0) is 49.4 Å². The molecule has 0 saturated heterocycles. The van der Waals surface area contributed by atoms with Crippen molar-refractivity contribution >= 4 is 22.7 Å². The van der Waals surface area contributed by atoms with E-state index in [0.717, 1.165) is 24.6 Å². The van der Waals surface area contributed by atoms with Gasteiger partial charge >= 0.3 is 5.97 Å². The lowest BCUT2D eigenvalue weighted by Gasteiger charge is -2.13.